The minimum absolute atomic E-state index is 0.0838. The van der Waals surface area contributed by atoms with E-state index in [0.717, 1.165) is 19.3 Å². The summed E-state index contributed by atoms with van der Waals surface area (Å²) >= 11 is 0. The second-order valence-corrected chi connectivity index (χ2v) is 7.47. The van der Waals surface area contributed by atoms with Crippen LogP contribution < -0.4 is 14.2 Å². The Morgan fingerprint density at radius 1 is 1.00 bits per heavy atom. The summed E-state index contributed by atoms with van der Waals surface area (Å²) in [7, 11) is 0. The summed E-state index contributed by atoms with van der Waals surface area (Å²) in [5.41, 5.74) is 0. The minimum atomic E-state index is -5.02. The molecule has 2 aliphatic carbocycles. The van der Waals surface area contributed by atoms with E-state index in [2.05, 4.69) is 4.74 Å². The van der Waals surface area contributed by atoms with Crippen molar-refractivity contribution in [2.45, 2.75) is 57.7 Å². The van der Waals surface area contributed by atoms with Crippen LogP contribution in [0.2, 0.25) is 0 Å². The van der Waals surface area contributed by atoms with Crippen LogP contribution in [0, 0.1) is 17.7 Å². The van der Waals surface area contributed by atoms with Gasteiger partial charge in [0.15, 0.2) is 11.5 Å². The molecule has 0 heterocycles. The van der Waals surface area contributed by atoms with Gasteiger partial charge >= 0.3 is 6.36 Å². The van der Waals surface area contributed by atoms with E-state index >= 15 is 0 Å². The number of allylic oxidation sites excluding steroid dienone is 1. The Labute approximate surface area is 162 Å². The molecule has 0 N–H and O–H groups in total. The van der Waals surface area contributed by atoms with Gasteiger partial charge in [-0.15, -0.1) is 13.2 Å². The minimum Gasteiger partial charge on any atom is -0.490 e. The van der Waals surface area contributed by atoms with E-state index in [-0.39, 0.29) is 24.7 Å². The zero-order chi connectivity index (χ0) is 20.0. The third-order valence-electron chi connectivity index (χ3n) is 5.10. The van der Waals surface area contributed by atoms with E-state index in [1.54, 1.807) is 6.08 Å². The molecule has 156 valence electrons. The van der Waals surface area contributed by atoms with Crippen molar-refractivity contribution in [2.75, 3.05) is 13.2 Å². The summed E-state index contributed by atoms with van der Waals surface area (Å²) in [6.07, 6.45) is 7.47. The maximum Gasteiger partial charge on any atom is 0.573 e. The molecular formula is C21H26F4O3. The molecule has 7 heteroatoms. The Bertz CT molecular complexity index is 662. The average molecular weight is 402 g/mol. The molecule has 0 unspecified atom stereocenters. The van der Waals surface area contributed by atoms with Crippen LogP contribution in [-0.4, -0.2) is 19.6 Å². The van der Waals surface area contributed by atoms with Gasteiger partial charge in [0.05, 0.1) is 6.61 Å². The number of benzene rings is 1. The summed E-state index contributed by atoms with van der Waals surface area (Å²) in [4.78, 5) is 0. The molecule has 0 radical (unpaired) electrons. The average Bonchev–Trinajstić information content (AvgIpc) is 3.31. The molecule has 0 amide bonds. The van der Waals surface area contributed by atoms with Crippen LogP contribution in [0.3, 0.4) is 0 Å². The van der Waals surface area contributed by atoms with Crippen LogP contribution in [0.15, 0.2) is 24.3 Å². The molecule has 0 spiro atoms. The van der Waals surface area contributed by atoms with E-state index in [0.29, 0.717) is 18.3 Å². The van der Waals surface area contributed by atoms with Crippen molar-refractivity contribution in [1.82, 2.24) is 0 Å². The van der Waals surface area contributed by atoms with Gasteiger partial charge in [-0.2, -0.15) is 4.39 Å². The summed E-state index contributed by atoms with van der Waals surface area (Å²) in [6, 6.07) is 2.54. The lowest BCUT2D eigenvalue weighted by atomic mass is 10.0. The molecule has 0 aliphatic heterocycles. The quantitative estimate of drug-likeness (QED) is 0.257. The summed E-state index contributed by atoms with van der Waals surface area (Å²) in [6.45, 7) is 0.301. The monoisotopic (exact) mass is 402 g/mol. The Morgan fingerprint density at radius 3 is 2.39 bits per heavy atom. The van der Waals surface area contributed by atoms with E-state index in [1.807, 2.05) is 6.08 Å². The molecule has 0 saturated heterocycles. The van der Waals surface area contributed by atoms with Crippen LogP contribution in [-0.2, 0) is 0 Å². The van der Waals surface area contributed by atoms with E-state index in [1.165, 1.54) is 37.8 Å². The first-order valence-electron chi connectivity index (χ1n) is 9.93. The van der Waals surface area contributed by atoms with Crippen LogP contribution >= 0.6 is 0 Å². The number of rotatable bonds is 10. The third-order valence-corrected chi connectivity index (χ3v) is 5.10. The molecule has 0 atom stereocenters. The lowest BCUT2D eigenvalue weighted by molar-refractivity contribution is -0.276. The predicted octanol–water partition coefficient (Wildman–Crippen LogP) is 6.42. The summed E-state index contributed by atoms with van der Waals surface area (Å²) in [5.74, 6) is -1.54. The molecule has 2 aliphatic rings. The highest BCUT2D eigenvalue weighted by Crippen LogP contribution is 2.39. The van der Waals surface area contributed by atoms with Crippen molar-refractivity contribution in [1.29, 1.82) is 0 Å². The highest BCUT2D eigenvalue weighted by molar-refractivity contribution is 5.47. The van der Waals surface area contributed by atoms with Gasteiger partial charge in [0, 0.05) is 0 Å². The fourth-order valence-electron chi connectivity index (χ4n) is 3.48. The van der Waals surface area contributed by atoms with Crippen molar-refractivity contribution in [3.8, 4) is 17.2 Å². The number of halogens is 4. The second-order valence-electron chi connectivity index (χ2n) is 7.47. The fourth-order valence-corrected chi connectivity index (χ4v) is 3.48. The lowest BCUT2D eigenvalue weighted by Crippen LogP contribution is -2.19. The molecule has 1 aromatic carbocycles. The van der Waals surface area contributed by atoms with E-state index in [9.17, 15) is 17.6 Å². The van der Waals surface area contributed by atoms with Crippen molar-refractivity contribution in [3.05, 3.63) is 30.1 Å². The van der Waals surface area contributed by atoms with Crippen LogP contribution in [0.25, 0.3) is 0 Å². The first-order chi connectivity index (χ1) is 13.4. The molecule has 0 aromatic heterocycles. The lowest BCUT2D eigenvalue weighted by Gasteiger charge is -2.17. The molecular weight excluding hydrogens is 376 g/mol. The fraction of sp³-hybridized carbons (Fsp3) is 0.619. The van der Waals surface area contributed by atoms with Gasteiger partial charge in [-0.25, -0.2) is 0 Å². The number of hydrogen-bond acceptors (Lipinski definition) is 3. The molecule has 28 heavy (non-hydrogen) atoms. The predicted molar refractivity (Wildman–Crippen MR) is 97.1 cm³/mol. The van der Waals surface area contributed by atoms with Gasteiger partial charge in [-0.1, -0.05) is 37.8 Å². The highest BCUT2D eigenvalue weighted by atomic mass is 19.4. The Hall–Kier alpha value is -1.92. The number of hydrogen-bond donors (Lipinski definition) is 0. The molecule has 0 bridgehead atoms. The Balaban J connectivity index is 1.60. The van der Waals surface area contributed by atoms with Gasteiger partial charge in [0.1, 0.15) is 6.61 Å². The SMILES string of the molecule is Fc1c(OC/C=C/C2CC2)ccc(OCCCC2CCCC2)c1OC(F)(F)F. The first kappa shape index (κ1) is 20.8. The van der Waals surface area contributed by atoms with Gasteiger partial charge in [-0.05, 0) is 49.7 Å². The van der Waals surface area contributed by atoms with Gasteiger partial charge in [-0.3, -0.25) is 0 Å². The van der Waals surface area contributed by atoms with Crippen LogP contribution in [0.5, 0.6) is 17.2 Å². The smallest absolute Gasteiger partial charge is 0.490 e. The standard InChI is InChI=1S/C21H26F4O3/c22-19-17(26-13-4-8-16-9-10-16)11-12-18(20(19)28-21(23,24)25)27-14-3-7-15-5-1-2-6-15/h4,8,11-12,15-16H,1-3,5-7,9-10,13-14H2/b8-4+. The zero-order valence-corrected chi connectivity index (χ0v) is 15.8. The van der Waals surface area contributed by atoms with E-state index in [4.69, 9.17) is 9.47 Å². The van der Waals surface area contributed by atoms with Crippen LogP contribution in [0.1, 0.15) is 51.4 Å². The van der Waals surface area contributed by atoms with Crippen LogP contribution in [0.4, 0.5) is 17.6 Å². The molecule has 2 saturated carbocycles. The molecule has 1 aromatic rings. The third kappa shape index (κ3) is 6.60. The number of alkyl halides is 3. The first-order valence-corrected chi connectivity index (χ1v) is 9.93. The van der Waals surface area contributed by atoms with Crippen molar-refractivity contribution >= 4 is 0 Å². The van der Waals surface area contributed by atoms with Gasteiger partial charge < -0.3 is 14.2 Å². The van der Waals surface area contributed by atoms with Crippen molar-refractivity contribution in [3.63, 3.8) is 0 Å². The van der Waals surface area contributed by atoms with Gasteiger partial charge in [0.25, 0.3) is 0 Å². The Morgan fingerprint density at radius 2 is 1.71 bits per heavy atom. The topological polar surface area (TPSA) is 27.7 Å². The molecule has 3 rings (SSSR count). The Kier molecular flexibility index (Phi) is 7.08. The summed E-state index contributed by atoms with van der Waals surface area (Å²) < 4.78 is 67.3. The van der Waals surface area contributed by atoms with E-state index < -0.39 is 17.9 Å². The highest BCUT2D eigenvalue weighted by Gasteiger charge is 2.35. The normalized spacial score (nSPS) is 18.0. The summed E-state index contributed by atoms with van der Waals surface area (Å²) in [5, 5.41) is 0. The second kappa shape index (κ2) is 9.52. The molecule has 2 fully saturated rings. The maximum atomic E-state index is 14.6. The largest absolute Gasteiger partial charge is 0.573 e. The van der Waals surface area contributed by atoms with Gasteiger partial charge in [0.2, 0.25) is 11.6 Å². The maximum absolute atomic E-state index is 14.6. The van der Waals surface area contributed by atoms with Crippen molar-refractivity contribution < 1.29 is 31.8 Å². The molecule has 3 nitrogen and oxygen atoms in total. The zero-order valence-electron chi connectivity index (χ0n) is 15.8. The van der Waals surface area contributed by atoms with Crippen molar-refractivity contribution in [2.24, 2.45) is 11.8 Å². The number of ether oxygens (including phenoxy) is 3.